The van der Waals surface area contributed by atoms with Crippen LogP contribution in [-0.4, -0.2) is 24.0 Å². The molecule has 0 spiro atoms. The van der Waals surface area contributed by atoms with Crippen LogP contribution in [0.3, 0.4) is 0 Å². The Hall–Kier alpha value is -2.97. The number of aromatic nitrogens is 1. The van der Waals surface area contributed by atoms with Gasteiger partial charge in [-0.05, 0) is 24.3 Å². The molecular weight excluding hydrogens is 344 g/mol. The second-order valence-corrected chi connectivity index (χ2v) is 4.98. The number of hydrogen-bond acceptors (Lipinski definition) is 4. The third-order valence-electron chi connectivity index (χ3n) is 3.18. The van der Waals surface area contributed by atoms with Gasteiger partial charge in [0.15, 0.2) is 0 Å². The molecule has 1 heterocycles. The minimum Gasteiger partial charge on any atom is -0.465 e. The van der Waals surface area contributed by atoms with Crippen molar-refractivity contribution in [3.05, 3.63) is 47.4 Å². The lowest BCUT2D eigenvalue weighted by atomic mass is 9.98. The van der Waals surface area contributed by atoms with Crippen LogP contribution in [-0.2, 0) is 15.7 Å². The van der Waals surface area contributed by atoms with E-state index in [9.17, 15) is 27.2 Å². The zero-order valence-corrected chi connectivity index (χ0v) is 13.1. The van der Waals surface area contributed by atoms with Gasteiger partial charge in [0.2, 0.25) is 5.91 Å². The van der Waals surface area contributed by atoms with E-state index in [0.717, 1.165) is 38.4 Å². The largest absolute Gasteiger partial charge is 0.465 e. The second kappa shape index (κ2) is 6.88. The SMILES string of the molecule is COC(=O)c1cc(C(F)(F)F)c(-c2ccc(F)cn2)cc1NC(C)=O. The lowest BCUT2D eigenvalue weighted by molar-refractivity contribution is -0.137. The van der Waals surface area contributed by atoms with Crippen molar-refractivity contribution in [3.8, 4) is 11.3 Å². The molecule has 0 aliphatic heterocycles. The van der Waals surface area contributed by atoms with Crippen LogP contribution in [0.5, 0.6) is 0 Å². The standard InChI is InChI=1S/C16H12F4N2O3/c1-8(23)22-14-6-10(13-4-3-9(17)7-21-13)12(16(18,19)20)5-11(14)15(24)25-2/h3-7H,1-2H3,(H,22,23). The minimum atomic E-state index is -4.82. The van der Waals surface area contributed by atoms with Crippen molar-refractivity contribution >= 4 is 17.6 Å². The molecule has 0 fully saturated rings. The van der Waals surface area contributed by atoms with E-state index in [1.165, 1.54) is 0 Å². The van der Waals surface area contributed by atoms with Crippen LogP contribution in [0.15, 0.2) is 30.5 Å². The summed E-state index contributed by atoms with van der Waals surface area (Å²) in [5.74, 6) is -2.36. The number of benzene rings is 1. The number of carbonyl (C=O) groups excluding carboxylic acids is 2. The first-order chi connectivity index (χ1) is 11.6. The molecule has 0 aliphatic rings. The smallest absolute Gasteiger partial charge is 0.417 e. The molecular formula is C16H12F4N2O3. The molecule has 0 saturated heterocycles. The van der Waals surface area contributed by atoms with E-state index in [1.807, 2.05) is 0 Å². The molecule has 0 radical (unpaired) electrons. The number of ether oxygens (including phenoxy) is 1. The maximum Gasteiger partial charge on any atom is 0.417 e. The number of amides is 1. The van der Waals surface area contributed by atoms with Crippen LogP contribution in [0.4, 0.5) is 23.2 Å². The molecule has 1 amide bonds. The van der Waals surface area contributed by atoms with Crippen molar-refractivity contribution in [1.29, 1.82) is 0 Å². The highest BCUT2D eigenvalue weighted by atomic mass is 19.4. The Kier molecular flexibility index (Phi) is 5.05. The Morgan fingerprint density at radius 1 is 1.20 bits per heavy atom. The molecule has 0 saturated carbocycles. The van der Waals surface area contributed by atoms with E-state index in [1.54, 1.807) is 0 Å². The van der Waals surface area contributed by atoms with Gasteiger partial charge in [0.05, 0.1) is 35.8 Å². The summed E-state index contributed by atoms with van der Waals surface area (Å²) in [6, 6.07) is 3.54. The third kappa shape index (κ3) is 4.11. The normalized spacial score (nSPS) is 11.1. The zero-order chi connectivity index (χ0) is 18.8. The molecule has 5 nitrogen and oxygen atoms in total. The molecule has 2 aromatic rings. The monoisotopic (exact) mass is 356 g/mol. The van der Waals surface area contributed by atoms with Crippen LogP contribution in [0.2, 0.25) is 0 Å². The first-order valence-corrected chi connectivity index (χ1v) is 6.86. The summed E-state index contributed by atoms with van der Waals surface area (Å²) < 4.78 is 57.7. The van der Waals surface area contributed by atoms with Crippen molar-refractivity contribution < 1.29 is 31.9 Å². The summed E-state index contributed by atoms with van der Waals surface area (Å²) in [4.78, 5) is 26.7. The summed E-state index contributed by atoms with van der Waals surface area (Å²) >= 11 is 0. The number of nitrogens with zero attached hydrogens (tertiary/aromatic N) is 1. The number of methoxy groups -OCH3 is 1. The van der Waals surface area contributed by atoms with Gasteiger partial charge in [-0.1, -0.05) is 0 Å². The number of anilines is 1. The van der Waals surface area contributed by atoms with E-state index in [2.05, 4.69) is 15.0 Å². The summed E-state index contributed by atoms with van der Waals surface area (Å²) in [6.07, 6.45) is -4.05. The van der Waals surface area contributed by atoms with E-state index < -0.39 is 40.6 Å². The van der Waals surface area contributed by atoms with Gasteiger partial charge in [0, 0.05) is 12.5 Å². The Bertz CT molecular complexity index is 817. The van der Waals surface area contributed by atoms with Crippen molar-refractivity contribution in [2.24, 2.45) is 0 Å². The van der Waals surface area contributed by atoms with E-state index in [-0.39, 0.29) is 11.4 Å². The first-order valence-electron chi connectivity index (χ1n) is 6.86. The highest BCUT2D eigenvalue weighted by Gasteiger charge is 2.36. The Morgan fingerprint density at radius 2 is 1.88 bits per heavy atom. The van der Waals surface area contributed by atoms with E-state index in [4.69, 9.17) is 0 Å². The maximum absolute atomic E-state index is 13.4. The number of alkyl halides is 3. The summed E-state index contributed by atoms with van der Waals surface area (Å²) in [5.41, 5.74) is -2.38. The predicted molar refractivity (Wildman–Crippen MR) is 80.3 cm³/mol. The van der Waals surface area contributed by atoms with E-state index >= 15 is 0 Å². The lowest BCUT2D eigenvalue weighted by Crippen LogP contribution is -2.16. The molecule has 1 aromatic carbocycles. The van der Waals surface area contributed by atoms with Crippen molar-refractivity contribution in [3.63, 3.8) is 0 Å². The van der Waals surface area contributed by atoms with Gasteiger partial charge in [-0.2, -0.15) is 13.2 Å². The Morgan fingerprint density at radius 3 is 2.36 bits per heavy atom. The molecule has 0 unspecified atom stereocenters. The number of rotatable bonds is 3. The fourth-order valence-electron chi connectivity index (χ4n) is 2.15. The molecule has 132 valence electrons. The molecule has 1 N–H and O–H groups in total. The number of halogens is 4. The van der Waals surface area contributed by atoms with Gasteiger partial charge in [-0.3, -0.25) is 9.78 Å². The average molecular weight is 356 g/mol. The van der Waals surface area contributed by atoms with Crippen LogP contribution >= 0.6 is 0 Å². The van der Waals surface area contributed by atoms with Gasteiger partial charge in [0.25, 0.3) is 0 Å². The van der Waals surface area contributed by atoms with Crippen LogP contribution in [0, 0.1) is 5.82 Å². The maximum atomic E-state index is 13.4. The predicted octanol–water partition coefficient (Wildman–Crippen LogP) is 3.65. The first kappa shape index (κ1) is 18.4. The number of carbonyl (C=O) groups is 2. The summed E-state index contributed by atoms with van der Waals surface area (Å²) in [7, 11) is 1.00. The fraction of sp³-hybridized carbons (Fsp3) is 0.188. The van der Waals surface area contributed by atoms with Gasteiger partial charge < -0.3 is 10.1 Å². The fourth-order valence-corrected chi connectivity index (χ4v) is 2.15. The summed E-state index contributed by atoms with van der Waals surface area (Å²) in [6.45, 7) is 1.13. The van der Waals surface area contributed by atoms with E-state index in [0.29, 0.717) is 6.07 Å². The minimum absolute atomic E-state index is 0.170. The number of nitrogens with one attached hydrogen (secondary N) is 1. The highest BCUT2D eigenvalue weighted by molar-refractivity contribution is 6.02. The third-order valence-corrected chi connectivity index (χ3v) is 3.18. The van der Waals surface area contributed by atoms with Crippen LogP contribution < -0.4 is 5.32 Å². The average Bonchev–Trinajstić information content (AvgIpc) is 2.53. The molecule has 0 bridgehead atoms. The van der Waals surface area contributed by atoms with Gasteiger partial charge in [-0.25, -0.2) is 9.18 Å². The lowest BCUT2D eigenvalue weighted by Gasteiger charge is -2.17. The molecule has 1 aromatic heterocycles. The highest BCUT2D eigenvalue weighted by Crippen LogP contribution is 2.39. The molecule has 9 heteroatoms. The van der Waals surface area contributed by atoms with Crippen LogP contribution in [0.25, 0.3) is 11.3 Å². The topological polar surface area (TPSA) is 68.3 Å². The molecule has 2 rings (SSSR count). The summed E-state index contributed by atoms with van der Waals surface area (Å²) in [5, 5.41) is 2.28. The zero-order valence-electron chi connectivity index (χ0n) is 13.1. The molecule has 0 aliphatic carbocycles. The Balaban J connectivity index is 2.77. The van der Waals surface area contributed by atoms with Gasteiger partial charge in [0.1, 0.15) is 5.82 Å². The second-order valence-electron chi connectivity index (χ2n) is 4.98. The van der Waals surface area contributed by atoms with Crippen molar-refractivity contribution in [2.75, 3.05) is 12.4 Å². The quantitative estimate of drug-likeness (QED) is 0.673. The van der Waals surface area contributed by atoms with Crippen LogP contribution in [0.1, 0.15) is 22.8 Å². The number of esters is 1. The Labute approximate surface area is 139 Å². The van der Waals surface area contributed by atoms with Gasteiger partial charge >= 0.3 is 12.1 Å². The number of hydrogen-bond donors (Lipinski definition) is 1. The van der Waals surface area contributed by atoms with Gasteiger partial charge in [-0.15, -0.1) is 0 Å². The number of pyridine rings is 1. The molecule has 25 heavy (non-hydrogen) atoms. The van der Waals surface area contributed by atoms with Crippen molar-refractivity contribution in [1.82, 2.24) is 4.98 Å². The molecule has 0 atom stereocenters. The van der Waals surface area contributed by atoms with Crippen molar-refractivity contribution in [2.45, 2.75) is 13.1 Å².